The Morgan fingerprint density at radius 3 is 2.82 bits per heavy atom. The van der Waals surface area contributed by atoms with Gasteiger partial charge in [0, 0.05) is 11.7 Å². The number of thioether (sulfide) groups is 1. The molecule has 0 bridgehead atoms. The summed E-state index contributed by atoms with van der Waals surface area (Å²) in [5.74, 6) is 0.981. The van der Waals surface area contributed by atoms with E-state index in [4.69, 9.17) is 5.73 Å². The lowest BCUT2D eigenvalue weighted by molar-refractivity contribution is -0.122. The fourth-order valence-corrected chi connectivity index (χ4v) is 2.77. The molecule has 0 aliphatic carbocycles. The number of nitrogens with zero attached hydrogens (tertiary/aromatic N) is 1. The fourth-order valence-electron chi connectivity index (χ4n) is 1.99. The van der Waals surface area contributed by atoms with E-state index >= 15 is 0 Å². The number of rotatable bonds is 9. The Hall–Kier alpha value is -0.510. The van der Waals surface area contributed by atoms with Gasteiger partial charge in [0.05, 0.1) is 11.6 Å². The van der Waals surface area contributed by atoms with Crippen molar-refractivity contribution in [2.24, 2.45) is 16.6 Å². The van der Waals surface area contributed by atoms with Crippen LogP contribution >= 0.6 is 11.8 Å². The van der Waals surface area contributed by atoms with Crippen LogP contribution in [0.5, 0.6) is 0 Å². The summed E-state index contributed by atoms with van der Waals surface area (Å²) < 4.78 is 0. The normalized spacial score (nSPS) is 16.9. The molecule has 17 heavy (non-hydrogen) atoms. The molecule has 3 nitrogen and oxygen atoms in total. The van der Waals surface area contributed by atoms with Gasteiger partial charge in [-0.05, 0) is 25.7 Å². The molecule has 1 radical (unpaired) electrons. The van der Waals surface area contributed by atoms with E-state index in [1.54, 1.807) is 0 Å². The van der Waals surface area contributed by atoms with Gasteiger partial charge >= 0.3 is 0 Å². The third-order valence-corrected chi connectivity index (χ3v) is 4.02. The summed E-state index contributed by atoms with van der Waals surface area (Å²) in [7, 11) is 0. The Morgan fingerprint density at radius 2 is 2.24 bits per heavy atom. The van der Waals surface area contributed by atoms with Crippen molar-refractivity contribution in [2.45, 2.75) is 51.9 Å². The zero-order chi connectivity index (χ0) is 12.5. The molecule has 1 rings (SSSR count). The molecule has 0 fully saturated rings. The second-order valence-electron chi connectivity index (χ2n) is 4.50. The van der Waals surface area contributed by atoms with Gasteiger partial charge in [0.15, 0.2) is 0 Å². The summed E-state index contributed by atoms with van der Waals surface area (Å²) in [5, 5.41) is 1.24. The molecule has 0 aromatic carbocycles. The molecule has 1 unspecified atom stereocenters. The van der Waals surface area contributed by atoms with Crippen LogP contribution in [-0.4, -0.2) is 16.7 Å². The summed E-state index contributed by atoms with van der Waals surface area (Å²) in [5.41, 5.74) is 5.41. The standard InChI is InChI=1S/C13H23N2OS/c1-2-3-6-11(13(14)16)7-4-5-8-12-15-9-10-17-12/h9,11H,2-8,10H2,1H3,(H2,14,16). The van der Waals surface area contributed by atoms with Crippen LogP contribution in [0.4, 0.5) is 0 Å². The first kappa shape index (κ1) is 14.6. The molecular weight excluding hydrogens is 232 g/mol. The number of unbranched alkanes of at least 4 members (excludes halogenated alkanes) is 2. The van der Waals surface area contributed by atoms with Crippen molar-refractivity contribution in [1.29, 1.82) is 0 Å². The van der Waals surface area contributed by atoms with Crippen LogP contribution in [-0.2, 0) is 4.79 Å². The summed E-state index contributed by atoms with van der Waals surface area (Å²) >= 11 is 1.82. The van der Waals surface area contributed by atoms with Crippen molar-refractivity contribution in [2.75, 3.05) is 5.75 Å². The van der Waals surface area contributed by atoms with Crippen molar-refractivity contribution in [1.82, 2.24) is 0 Å². The van der Waals surface area contributed by atoms with Gasteiger partial charge in [-0.3, -0.25) is 9.79 Å². The maximum Gasteiger partial charge on any atom is 0.220 e. The highest BCUT2D eigenvalue weighted by Gasteiger charge is 2.14. The van der Waals surface area contributed by atoms with E-state index in [1.807, 2.05) is 18.3 Å². The lowest BCUT2D eigenvalue weighted by atomic mass is 9.95. The minimum absolute atomic E-state index is 0.0830. The Kier molecular flexibility index (Phi) is 7.33. The Balaban J connectivity index is 2.11. The number of amides is 1. The van der Waals surface area contributed by atoms with Crippen molar-refractivity contribution in [3.05, 3.63) is 6.54 Å². The third kappa shape index (κ3) is 6.10. The predicted octanol–water partition coefficient (Wildman–Crippen LogP) is 3.15. The topological polar surface area (TPSA) is 55.4 Å². The van der Waals surface area contributed by atoms with Crippen LogP contribution < -0.4 is 5.73 Å². The Labute approximate surface area is 109 Å². The van der Waals surface area contributed by atoms with E-state index in [0.717, 1.165) is 50.7 Å². The highest BCUT2D eigenvalue weighted by molar-refractivity contribution is 8.14. The fraction of sp³-hybridized carbons (Fsp3) is 0.769. The summed E-state index contributed by atoms with van der Waals surface area (Å²) in [6.45, 7) is 4.11. The predicted molar refractivity (Wildman–Crippen MR) is 74.9 cm³/mol. The highest BCUT2D eigenvalue weighted by Crippen LogP contribution is 2.21. The molecule has 1 atom stereocenters. The molecule has 0 saturated heterocycles. The summed E-state index contributed by atoms with van der Waals surface area (Å²) in [6, 6.07) is 0. The molecule has 97 valence electrons. The average molecular weight is 255 g/mol. The van der Waals surface area contributed by atoms with Crippen LogP contribution in [0.15, 0.2) is 4.99 Å². The van der Waals surface area contributed by atoms with Crippen LogP contribution in [0.2, 0.25) is 0 Å². The zero-order valence-electron chi connectivity index (χ0n) is 10.7. The maximum atomic E-state index is 11.2. The average Bonchev–Trinajstić information content (AvgIpc) is 2.80. The van der Waals surface area contributed by atoms with Crippen LogP contribution in [0.1, 0.15) is 51.9 Å². The number of carbonyl (C=O) groups excluding carboxylic acids is 1. The molecule has 1 aliphatic heterocycles. The molecule has 2 N–H and O–H groups in total. The Morgan fingerprint density at radius 1 is 1.47 bits per heavy atom. The van der Waals surface area contributed by atoms with Crippen molar-refractivity contribution in [3.63, 3.8) is 0 Å². The lowest BCUT2D eigenvalue weighted by Crippen LogP contribution is -2.23. The monoisotopic (exact) mass is 255 g/mol. The van der Waals surface area contributed by atoms with E-state index in [2.05, 4.69) is 11.9 Å². The van der Waals surface area contributed by atoms with Crippen LogP contribution in [0, 0.1) is 12.5 Å². The minimum atomic E-state index is -0.126. The Bertz CT molecular complexity index is 266. The van der Waals surface area contributed by atoms with E-state index in [0.29, 0.717) is 0 Å². The second kappa shape index (κ2) is 8.56. The number of hydrogen-bond acceptors (Lipinski definition) is 3. The highest BCUT2D eigenvalue weighted by atomic mass is 32.2. The lowest BCUT2D eigenvalue weighted by Gasteiger charge is -2.12. The van der Waals surface area contributed by atoms with Crippen LogP contribution in [0.25, 0.3) is 0 Å². The molecule has 0 spiro atoms. The van der Waals surface area contributed by atoms with E-state index < -0.39 is 0 Å². The second-order valence-corrected chi connectivity index (χ2v) is 5.60. The van der Waals surface area contributed by atoms with Gasteiger partial charge < -0.3 is 5.73 Å². The number of aliphatic imine (C=N–C) groups is 1. The van der Waals surface area contributed by atoms with E-state index in [9.17, 15) is 4.79 Å². The number of primary amides is 1. The number of hydrogen-bond donors (Lipinski definition) is 1. The largest absolute Gasteiger partial charge is 0.369 e. The summed E-state index contributed by atoms with van der Waals surface area (Å²) in [6.07, 6.45) is 7.39. The first-order chi connectivity index (χ1) is 8.24. The minimum Gasteiger partial charge on any atom is -0.369 e. The SMILES string of the molecule is CCCCC(CCCCC1=N[CH]CS1)C(N)=O. The third-order valence-electron chi connectivity index (χ3n) is 3.06. The van der Waals surface area contributed by atoms with Gasteiger partial charge in [-0.1, -0.05) is 26.2 Å². The molecule has 0 aromatic heterocycles. The van der Waals surface area contributed by atoms with Gasteiger partial charge in [-0.25, -0.2) is 0 Å². The zero-order valence-corrected chi connectivity index (χ0v) is 11.5. The van der Waals surface area contributed by atoms with Gasteiger partial charge in [0.25, 0.3) is 0 Å². The molecular formula is C13H23N2OS. The number of carbonyl (C=O) groups is 1. The van der Waals surface area contributed by atoms with Crippen molar-refractivity contribution >= 4 is 22.7 Å². The molecule has 4 heteroatoms. The quantitative estimate of drug-likeness (QED) is 0.643. The first-order valence-corrected chi connectivity index (χ1v) is 7.53. The smallest absolute Gasteiger partial charge is 0.220 e. The van der Waals surface area contributed by atoms with E-state index in [-0.39, 0.29) is 11.8 Å². The molecule has 1 heterocycles. The molecule has 0 saturated carbocycles. The van der Waals surface area contributed by atoms with Gasteiger partial charge in [0.1, 0.15) is 0 Å². The van der Waals surface area contributed by atoms with Gasteiger partial charge in [-0.2, -0.15) is 0 Å². The van der Waals surface area contributed by atoms with Crippen LogP contribution in [0.3, 0.4) is 0 Å². The van der Waals surface area contributed by atoms with Crippen molar-refractivity contribution in [3.8, 4) is 0 Å². The van der Waals surface area contributed by atoms with Gasteiger partial charge in [-0.15, -0.1) is 11.8 Å². The van der Waals surface area contributed by atoms with Gasteiger partial charge in [0.2, 0.25) is 5.91 Å². The maximum absolute atomic E-state index is 11.2. The van der Waals surface area contributed by atoms with Crippen molar-refractivity contribution < 1.29 is 4.79 Å². The molecule has 1 aliphatic rings. The molecule has 0 aromatic rings. The van der Waals surface area contributed by atoms with E-state index in [1.165, 1.54) is 5.04 Å². The summed E-state index contributed by atoms with van der Waals surface area (Å²) in [4.78, 5) is 15.5. The number of nitrogens with two attached hydrogens (primary N) is 1. The first-order valence-electron chi connectivity index (χ1n) is 6.54. The molecule has 1 amide bonds.